The minimum absolute atomic E-state index is 0.830. The maximum atomic E-state index is 2.29. The fraction of sp³-hybridized carbons (Fsp3) is 0.600. The summed E-state index contributed by atoms with van der Waals surface area (Å²) in [6.07, 6.45) is 8.15. The van der Waals surface area contributed by atoms with Gasteiger partial charge in [-0.3, -0.25) is 0 Å². The molecule has 0 radical (unpaired) electrons. The first-order valence-electron chi connectivity index (χ1n) is 6.75. The van der Waals surface area contributed by atoms with Crippen LogP contribution in [0.1, 0.15) is 52.4 Å². The van der Waals surface area contributed by atoms with Crippen LogP contribution < -0.4 is 0 Å². The second kappa shape index (κ2) is 9.90. The van der Waals surface area contributed by atoms with Crippen LogP contribution in [-0.2, 0) is 0 Å². The van der Waals surface area contributed by atoms with Crippen LogP contribution in [0, 0.1) is 0 Å². The molecule has 0 aliphatic carbocycles. The summed E-state index contributed by atoms with van der Waals surface area (Å²) in [7, 11) is 4.01. The van der Waals surface area contributed by atoms with Gasteiger partial charge >= 0.3 is 0 Å². The van der Waals surface area contributed by atoms with Crippen LogP contribution in [0.3, 0.4) is 0 Å². The summed E-state index contributed by atoms with van der Waals surface area (Å²) in [5.74, 6) is 0. The molecule has 0 bridgehead atoms. The molecule has 96 valence electrons. The molecule has 0 N–H and O–H groups in total. The summed E-state index contributed by atoms with van der Waals surface area (Å²) in [5, 5.41) is 0.830. The van der Waals surface area contributed by atoms with E-state index in [2.05, 4.69) is 55.0 Å². The summed E-state index contributed by atoms with van der Waals surface area (Å²) in [5.41, 5.74) is 0. The highest BCUT2D eigenvalue weighted by Gasteiger charge is 2.08. The third-order valence-corrected chi connectivity index (χ3v) is 5.75. The molecule has 0 aliphatic heterocycles. The highest BCUT2D eigenvalue weighted by Crippen LogP contribution is 2.38. The molecule has 0 saturated carbocycles. The Morgan fingerprint density at radius 1 is 0.941 bits per heavy atom. The van der Waals surface area contributed by atoms with Crippen molar-refractivity contribution < 1.29 is 0 Å². The van der Waals surface area contributed by atoms with Gasteiger partial charge in [0.1, 0.15) is 0 Å². The molecule has 0 spiro atoms. The lowest BCUT2D eigenvalue weighted by molar-refractivity contribution is 0.616. The number of rotatable bonds is 9. The average Bonchev–Trinajstić information content (AvgIpc) is 2.37. The summed E-state index contributed by atoms with van der Waals surface area (Å²) in [6.45, 7) is 4.57. The zero-order chi connectivity index (χ0) is 12.3. The van der Waals surface area contributed by atoms with E-state index in [0.717, 1.165) is 5.25 Å². The topological polar surface area (TPSA) is 0 Å². The van der Waals surface area contributed by atoms with Crippen molar-refractivity contribution in [1.29, 1.82) is 0 Å². The van der Waals surface area contributed by atoms with Gasteiger partial charge in [-0.2, -0.15) is 0 Å². The van der Waals surface area contributed by atoms with E-state index in [1.807, 2.05) is 10.8 Å². The van der Waals surface area contributed by atoms with Gasteiger partial charge < -0.3 is 0 Å². The Hall–Kier alpha value is -0.0800. The Kier molecular flexibility index (Phi) is 8.72. The van der Waals surface area contributed by atoms with E-state index in [0.29, 0.717) is 0 Å². The lowest BCUT2D eigenvalue weighted by atomic mass is 10.1. The van der Waals surface area contributed by atoms with Crippen LogP contribution in [0.25, 0.3) is 0 Å². The van der Waals surface area contributed by atoms with Gasteiger partial charge in [0.15, 0.2) is 0 Å². The predicted octanol–water partition coefficient (Wildman–Crippen LogP) is 6.18. The highest BCUT2D eigenvalue weighted by molar-refractivity contribution is 8.76. The average molecular weight is 268 g/mol. The van der Waals surface area contributed by atoms with Gasteiger partial charge in [0, 0.05) is 10.1 Å². The Labute approximate surface area is 114 Å². The number of unbranched alkanes of at least 4 members (excludes halogenated alkanes) is 2. The normalized spacial score (nSPS) is 12.6. The molecule has 0 aliphatic rings. The van der Waals surface area contributed by atoms with Crippen LogP contribution >= 0.6 is 21.6 Å². The number of hydrogen-bond donors (Lipinski definition) is 0. The molecule has 0 aromatic heterocycles. The summed E-state index contributed by atoms with van der Waals surface area (Å²) in [4.78, 5) is 1.38. The number of hydrogen-bond acceptors (Lipinski definition) is 2. The van der Waals surface area contributed by atoms with Crippen LogP contribution in [0.15, 0.2) is 35.2 Å². The molecular weight excluding hydrogens is 244 g/mol. The second-order valence-electron chi connectivity index (χ2n) is 4.40. The summed E-state index contributed by atoms with van der Waals surface area (Å²) in [6, 6.07) is 10.7. The molecule has 17 heavy (non-hydrogen) atoms. The van der Waals surface area contributed by atoms with E-state index in [-0.39, 0.29) is 0 Å². The van der Waals surface area contributed by atoms with Crippen molar-refractivity contribution in [3.8, 4) is 0 Å². The molecule has 1 aromatic carbocycles. The van der Waals surface area contributed by atoms with Gasteiger partial charge in [-0.1, -0.05) is 79.3 Å². The van der Waals surface area contributed by atoms with Crippen molar-refractivity contribution in [2.24, 2.45) is 0 Å². The van der Waals surface area contributed by atoms with Gasteiger partial charge in [-0.05, 0) is 25.0 Å². The minimum atomic E-state index is 0.830. The summed E-state index contributed by atoms with van der Waals surface area (Å²) < 4.78 is 0. The van der Waals surface area contributed by atoms with Crippen LogP contribution in [0.5, 0.6) is 0 Å². The SMILES string of the molecule is CCCCCC(CCC)SSc1ccccc1. The monoisotopic (exact) mass is 268 g/mol. The van der Waals surface area contributed by atoms with E-state index in [9.17, 15) is 0 Å². The first-order valence-corrected chi connectivity index (χ1v) is 8.96. The predicted molar refractivity (Wildman–Crippen MR) is 82.7 cm³/mol. The van der Waals surface area contributed by atoms with Crippen LogP contribution in [0.2, 0.25) is 0 Å². The zero-order valence-corrected chi connectivity index (χ0v) is 12.7. The van der Waals surface area contributed by atoms with Crippen molar-refractivity contribution in [2.75, 3.05) is 0 Å². The quantitative estimate of drug-likeness (QED) is 0.387. The second-order valence-corrected chi connectivity index (χ2v) is 6.97. The molecule has 1 aromatic rings. The van der Waals surface area contributed by atoms with Gasteiger partial charge in [0.25, 0.3) is 0 Å². The molecule has 0 nitrogen and oxygen atoms in total. The third kappa shape index (κ3) is 7.05. The lowest BCUT2D eigenvalue weighted by Gasteiger charge is -2.14. The van der Waals surface area contributed by atoms with Gasteiger partial charge in [-0.15, -0.1) is 0 Å². The van der Waals surface area contributed by atoms with Crippen molar-refractivity contribution in [1.82, 2.24) is 0 Å². The standard InChI is InChI=1S/C15H24S2/c1-3-5-7-11-14(10-4-2)16-17-15-12-8-6-9-13-15/h6,8-9,12-14H,3-5,7,10-11H2,1-2H3. The van der Waals surface area contributed by atoms with Crippen LogP contribution in [0.4, 0.5) is 0 Å². The molecule has 0 fully saturated rings. The minimum Gasteiger partial charge on any atom is -0.0855 e. The molecule has 0 saturated heterocycles. The maximum absolute atomic E-state index is 2.29. The van der Waals surface area contributed by atoms with E-state index >= 15 is 0 Å². The molecule has 0 heterocycles. The van der Waals surface area contributed by atoms with Gasteiger partial charge in [0.2, 0.25) is 0 Å². The molecule has 1 atom stereocenters. The molecule has 0 amide bonds. The van der Waals surface area contributed by atoms with Crippen molar-refractivity contribution in [2.45, 2.75) is 62.5 Å². The van der Waals surface area contributed by atoms with Crippen molar-refractivity contribution >= 4 is 21.6 Å². The molecular formula is C15H24S2. The summed E-state index contributed by atoms with van der Waals surface area (Å²) >= 11 is 0. The maximum Gasteiger partial charge on any atom is 0.0182 e. The van der Waals surface area contributed by atoms with E-state index < -0.39 is 0 Å². The lowest BCUT2D eigenvalue weighted by Crippen LogP contribution is -2.00. The number of benzene rings is 1. The zero-order valence-electron chi connectivity index (χ0n) is 11.0. The molecule has 2 heteroatoms. The van der Waals surface area contributed by atoms with E-state index in [1.54, 1.807) is 0 Å². The third-order valence-electron chi connectivity index (χ3n) is 2.76. The van der Waals surface area contributed by atoms with Gasteiger partial charge in [0.05, 0.1) is 0 Å². The fourth-order valence-electron chi connectivity index (χ4n) is 1.78. The van der Waals surface area contributed by atoms with E-state index in [4.69, 9.17) is 0 Å². The Bertz CT molecular complexity index is 272. The highest BCUT2D eigenvalue weighted by atomic mass is 33.1. The largest absolute Gasteiger partial charge is 0.0855 e. The molecule has 1 rings (SSSR count). The fourth-order valence-corrected chi connectivity index (χ4v) is 4.55. The van der Waals surface area contributed by atoms with Crippen molar-refractivity contribution in [3.63, 3.8) is 0 Å². The smallest absolute Gasteiger partial charge is 0.0182 e. The molecule has 1 unspecified atom stereocenters. The van der Waals surface area contributed by atoms with Crippen molar-refractivity contribution in [3.05, 3.63) is 30.3 Å². The Balaban J connectivity index is 2.28. The Morgan fingerprint density at radius 2 is 1.71 bits per heavy atom. The first-order chi connectivity index (χ1) is 8.36. The van der Waals surface area contributed by atoms with E-state index in [1.165, 1.54) is 43.4 Å². The van der Waals surface area contributed by atoms with Crippen LogP contribution in [-0.4, -0.2) is 5.25 Å². The Morgan fingerprint density at radius 3 is 2.35 bits per heavy atom. The van der Waals surface area contributed by atoms with Gasteiger partial charge in [-0.25, -0.2) is 0 Å². The first kappa shape index (κ1) is 15.0.